The van der Waals surface area contributed by atoms with Crippen LogP contribution in [0.5, 0.6) is 0 Å². The number of nitrogens with one attached hydrogen (secondary N) is 1. The number of benzene rings is 1. The van der Waals surface area contributed by atoms with Gasteiger partial charge in [0.1, 0.15) is 0 Å². The lowest BCUT2D eigenvalue weighted by molar-refractivity contribution is -0.141. The van der Waals surface area contributed by atoms with E-state index in [4.69, 9.17) is 0 Å². The first kappa shape index (κ1) is 16.1. The van der Waals surface area contributed by atoms with Gasteiger partial charge in [-0.1, -0.05) is 31.2 Å². The maximum atomic E-state index is 13.0. The van der Waals surface area contributed by atoms with Crippen molar-refractivity contribution in [2.24, 2.45) is 11.8 Å². The van der Waals surface area contributed by atoms with Crippen LogP contribution >= 0.6 is 0 Å². The summed E-state index contributed by atoms with van der Waals surface area (Å²) in [6.07, 6.45) is 7.09. The largest absolute Gasteiger partial charge is 0.351 e. The zero-order chi connectivity index (χ0) is 18.4. The Morgan fingerprint density at radius 1 is 1.07 bits per heavy atom. The molecule has 5 fully saturated rings. The van der Waals surface area contributed by atoms with Gasteiger partial charge in [-0.05, 0) is 61.0 Å². The maximum Gasteiger partial charge on any atom is 0.225 e. The molecule has 0 radical (unpaired) electrons. The van der Waals surface area contributed by atoms with E-state index in [9.17, 15) is 9.59 Å². The van der Waals surface area contributed by atoms with Gasteiger partial charge in [-0.2, -0.15) is 0 Å². The molecule has 1 aromatic rings. The van der Waals surface area contributed by atoms with Gasteiger partial charge in [0.05, 0.1) is 0 Å². The number of hydrogen-bond acceptors (Lipinski definition) is 2. The second kappa shape index (κ2) is 4.95. The van der Waals surface area contributed by atoms with Gasteiger partial charge in [0.15, 0.2) is 0 Å². The monoisotopic (exact) mass is 364 g/mol. The molecule has 5 aliphatic rings. The number of nitrogens with zero attached hydrogens (tertiary/aromatic N) is 1. The molecule has 2 unspecified atom stereocenters. The molecule has 4 heteroatoms. The second-order valence-corrected chi connectivity index (χ2v) is 10.3. The van der Waals surface area contributed by atoms with Crippen molar-refractivity contribution < 1.29 is 9.59 Å². The van der Waals surface area contributed by atoms with Gasteiger partial charge in [-0.3, -0.25) is 9.59 Å². The molecule has 3 saturated carbocycles. The smallest absolute Gasteiger partial charge is 0.225 e. The summed E-state index contributed by atoms with van der Waals surface area (Å²) in [5.74, 6) is 1.25. The first-order valence-electron chi connectivity index (χ1n) is 10.6. The molecule has 1 spiro atoms. The number of likely N-dealkylation sites (tertiary alicyclic amines) is 1. The predicted molar refractivity (Wildman–Crippen MR) is 102 cm³/mol. The van der Waals surface area contributed by atoms with Crippen LogP contribution in [0.4, 0.5) is 0 Å². The summed E-state index contributed by atoms with van der Waals surface area (Å²) in [6.45, 7) is 4.17. The number of amides is 2. The molecular weight excluding hydrogens is 336 g/mol. The van der Waals surface area contributed by atoms with Gasteiger partial charge in [0.2, 0.25) is 11.8 Å². The van der Waals surface area contributed by atoms with E-state index in [-0.39, 0.29) is 22.8 Å². The lowest BCUT2D eigenvalue weighted by Gasteiger charge is -2.45. The van der Waals surface area contributed by atoms with E-state index in [1.807, 2.05) is 0 Å². The highest BCUT2D eigenvalue weighted by Crippen LogP contribution is 2.60. The molecule has 2 amide bonds. The fraction of sp³-hybridized carbons (Fsp3) is 0.652. The molecule has 2 heterocycles. The molecule has 142 valence electrons. The Balaban J connectivity index is 1.13. The van der Waals surface area contributed by atoms with E-state index < -0.39 is 0 Å². The molecule has 1 aromatic carbocycles. The van der Waals surface area contributed by atoms with Crippen LogP contribution in [0.3, 0.4) is 0 Å². The summed E-state index contributed by atoms with van der Waals surface area (Å²) in [7, 11) is 0. The van der Waals surface area contributed by atoms with Crippen molar-refractivity contribution in [3.63, 3.8) is 0 Å². The Kier molecular flexibility index (Phi) is 2.96. The van der Waals surface area contributed by atoms with E-state index in [1.165, 1.54) is 30.4 Å². The van der Waals surface area contributed by atoms with Gasteiger partial charge >= 0.3 is 0 Å². The van der Waals surface area contributed by atoms with Crippen molar-refractivity contribution in [3.8, 4) is 0 Å². The number of carbonyl (C=O) groups is 2. The molecule has 2 aliphatic heterocycles. The standard InChI is InChI=1S/C23H28N2O2/c1-21(8-9-21)16-2-4-17(5-3-16)23-12-18(23)13-25(14-23)20(27)15-10-22(11-15)7-6-19(26)24-22/h2-5,15,18H,6-14H2,1H3,(H,24,26). The van der Waals surface area contributed by atoms with Gasteiger partial charge in [0, 0.05) is 36.4 Å². The third-order valence-corrected chi connectivity index (χ3v) is 8.47. The van der Waals surface area contributed by atoms with E-state index >= 15 is 0 Å². The van der Waals surface area contributed by atoms with Gasteiger partial charge < -0.3 is 10.2 Å². The summed E-state index contributed by atoms with van der Waals surface area (Å²) in [6, 6.07) is 9.32. The average Bonchev–Trinajstić information content (AvgIpc) is 3.46. The van der Waals surface area contributed by atoms with Crippen molar-refractivity contribution in [2.75, 3.05) is 13.1 Å². The topological polar surface area (TPSA) is 49.4 Å². The first-order chi connectivity index (χ1) is 12.9. The minimum absolute atomic E-state index is 0.0491. The van der Waals surface area contributed by atoms with E-state index in [0.717, 1.165) is 32.4 Å². The number of fused-ring (bicyclic) bond motifs is 1. The SMILES string of the molecule is CC1(c2ccc(C34CC3CN(C(=O)C3CC5(CCC(=O)N5)C3)C4)cc2)CC1. The number of piperidine rings is 1. The Hall–Kier alpha value is -1.84. The van der Waals surface area contributed by atoms with Crippen molar-refractivity contribution in [2.45, 2.75) is 68.2 Å². The Morgan fingerprint density at radius 3 is 2.41 bits per heavy atom. The van der Waals surface area contributed by atoms with Crippen molar-refractivity contribution in [1.82, 2.24) is 10.2 Å². The van der Waals surface area contributed by atoms with Crippen molar-refractivity contribution >= 4 is 11.8 Å². The number of rotatable bonds is 3. The van der Waals surface area contributed by atoms with Crippen molar-refractivity contribution in [1.29, 1.82) is 0 Å². The van der Waals surface area contributed by atoms with Crippen LogP contribution in [-0.4, -0.2) is 35.3 Å². The van der Waals surface area contributed by atoms with Gasteiger partial charge in [-0.25, -0.2) is 0 Å². The highest BCUT2D eigenvalue weighted by atomic mass is 16.2. The molecule has 27 heavy (non-hydrogen) atoms. The summed E-state index contributed by atoms with van der Waals surface area (Å²) in [4.78, 5) is 26.6. The minimum atomic E-state index is -0.0491. The number of carbonyl (C=O) groups excluding carboxylic acids is 2. The van der Waals surface area contributed by atoms with Crippen LogP contribution < -0.4 is 5.32 Å². The molecule has 0 bridgehead atoms. The quantitative estimate of drug-likeness (QED) is 0.897. The third kappa shape index (κ3) is 2.28. The minimum Gasteiger partial charge on any atom is -0.351 e. The lowest BCUT2D eigenvalue weighted by atomic mass is 9.67. The summed E-state index contributed by atoms with van der Waals surface area (Å²) >= 11 is 0. The first-order valence-corrected chi connectivity index (χ1v) is 10.6. The van der Waals surface area contributed by atoms with Crippen molar-refractivity contribution in [3.05, 3.63) is 35.4 Å². The Morgan fingerprint density at radius 2 is 1.78 bits per heavy atom. The fourth-order valence-corrected chi connectivity index (χ4v) is 6.17. The van der Waals surface area contributed by atoms with Crippen LogP contribution in [0.15, 0.2) is 24.3 Å². The van der Waals surface area contributed by atoms with E-state index in [0.29, 0.717) is 23.7 Å². The molecule has 6 rings (SSSR count). The Labute approximate surface area is 160 Å². The third-order valence-electron chi connectivity index (χ3n) is 8.47. The summed E-state index contributed by atoms with van der Waals surface area (Å²) in [5.41, 5.74) is 3.51. The normalized spacial score (nSPS) is 40.5. The van der Waals surface area contributed by atoms with E-state index in [1.54, 1.807) is 0 Å². The second-order valence-electron chi connectivity index (χ2n) is 10.3. The molecule has 2 atom stereocenters. The van der Waals surface area contributed by atoms with Crippen LogP contribution in [0.2, 0.25) is 0 Å². The van der Waals surface area contributed by atoms with Gasteiger partial charge in [-0.15, -0.1) is 0 Å². The highest BCUT2D eigenvalue weighted by molar-refractivity contribution is 5.84. The molecule has 3 aliphatic carbocycles. The lowest BCUT2D eigenvalue weighted by Crippen LogP contribution is -2.56. The summed E-state index contributed by atoms with van der Waals surface area (Å²) < 4.78 is 0. The molecule has 1 N–H and O–H groups in total. The molecule has 4 nitrogen and oxygen atoms in total. The zero-order valence-electron chi connectivity index (χ0n) is 16.1. The van der Waals surface area contributed by atoms with Crippen LogP contribution in [-0.2, 0) is 20.4 Å². The molecular formula is C23H28N2O2. The maximum absolute atomic E-state index is 13.0. The molecule has 0 aromatic heterocycles. The van der Waals surface area contributed by atoms with Gasteiger partial charge in [0.25, 0.3) is 0 Å². The van der Waals surface area contributed by atoms with E-state index in [2.05, 4.69) is 41.4 Å². The van der Waals surface area contributed by atoms with Crippen LogP contribution in [0.25, 0.3) is 0 Å². The van der Waals surface area contributed by atoms with Crippen LogP contribution in [0, 0.1) is 11.8 Å². The predicted octanol–water partition coefficient (Wildman–Crippen LogP) is 2.90. The highest BCUT2D eigenvalue weighted by Gasteiger charge is 2.63. The number of hydrogen-bond donors (Lipinski definition) is 1. The Bertz CT molecular complexity index is 834. The zero-order valence-corrected chi connectivity index (χ0v) is 16.1. The summed E-state index contributed by atoms with van der Waals surface area (Å²) in [5, 5.41) is 3.11. The molecule has 2 saturated heterocycles. The van der Waals surface area contributed by atoms with Crippen LogP contribution in [0.1, 0.15) is 63.0 Å². The average molecular weight is 364 g/mol. The fourth-order valence-electron chi connectivity index (χ4n) is 6.17.